The molecule has 19 heavy (non-hydrogen) atoms. The number of carbonyl (C=O) groups excluding carboxylic acids is 1. The molecule has 0 aromatic heterocycles. The van der Waals surface area contributed by atoms with Crippen LogP contribution < -0.4 is 4.74 Å². The molecule has 0 aliphatic carbocycles. The van der Waals surface area contributed by atoms with Crippen LogP contribution in [0.2, 0.25) is 0 Å². The average molecular weight is 263 g/mol. The molecule has 0 saturated carbocycles. The van der Waals surface area contributed by atoms with Crippen LogP contribution in [0.15, 0.2) is 24.3 Å². The zero-order valence-electron chi connectivity index (χ0n) is 11.3. The minimum Gasteiger partial charge on any atom is -0.484 e. The predicted octanol–water partition coefficient (Wildman–Crippen LogP) is 1.61. The first-order valence-electron chi connectivity index (χ1n) is 6.83. The average Bonchev–Trinajstić information content (AvgIpc) is 2.91. The van der Waals surface area contributed by atoms with Crippen molar-refractivity contribution >= 4 is 5.91 Å². The highest BCUT2D eigenvalue weighted by molar-refractivity contribution is 5.78. The Hall–Kier alpha value is -1.55. The fraction of sp³-hybridized carbons (Fsp3) is 0.533. The maximum Gasteiger partial charge on any atom is 0.260 e. The van der Waals surface area contributed by atoms with Gasteiger partial charge in [0.25, 0.3) is 5.91 Å². The van der Waals surface area contributed by atoms with Crippen LogP contribution in [0.5, 0.6) is 5.75 Å². The van der Waals surface area contributed by atoms with Crippen LogP contribution in [0.3, 0.4) is 0 Å². The van der Waals surface area contributed by atoms with E-state index < -0.39 is 0 Å². The summed E-state index contributed by atoms with van der Waals surface area (Å²) in [5.74, 6) is 0.757. The summed E-state index contributed by atoms with van der Waals surface area (Å²) in [5.41, 5.74) is 1.06. The second-order valence-electron chi connectivity index (χ2n) is 5.07. The highest BCUT2D eigenvalue weighted by Crippen LogP contribution is 2.14. The number of hydrogen-bond acceptors (Lipinski definition) is 3. The number of likely N-dealkylation sites (tertiary alicyclic amines) is 1. The van der Waals surface area contributed by atoms with Gasteiger partial charge >= 0.3 is 0 Å². The van der Waals surface area contributed by atoms with E-state index >= 15 is 0 Å². The third-order valence-electron chi connectivity index (χ3n) is 3.28. The molecule has 4 nitrogen and oxygen atoms in total. The van der Waals surface area contributed by atoms with Crippen molar-refractivity contribution in [2.24, 2.45) is 0 Å². The molecule has 4 heteroatoms. The normalized spacial score (nSPS) is 16.4. The van der Waals surface area contributed by atoms with E-state index in [1.165, 1.54) is 0 Å². The van der Waals surface area contributed by atoms with Gasteiger partial charge in [0.05, 0.1) is 6.10 Å². The zero-order chi connectivity index (χ0) is 13.7. The van der Waals surface area contributed by atoms with Crippen LogP contribution >= 0.6 is 0 Å². The number of benzene rings is 1. The monoisotopic (exact) mass is 263 g/mol. The van der Waals surface area contributed by atoms with Gasteiger partial charge in [-0.3, -0.25) is 4.79 Å². The molecule has 1 aliphatic rings. The summed E-state index contributed by atoms with van der Waals surface area (Å²) in [6, 6.07) is 7.52. The first-order chi connectivity index (χ1) is 9.15. The number of rotatable bonds is 5. The second kappa shape index (κ2) is 6.57. The number of amides is 1. The van der Waals surface area contributed by atoms with Gasteiger partial charge in [-0.2, -0.15) is 0 Å². The minimum absolute atomic E-state index is 0.0607. The smallest absolute Gasteiger partial charge is 0.260 e. The van der Waals surface area contributed by atoms with Gasteiger partial charge in [0.1, 0.15) is 5.75 Å². The summed E-state index contributed by atoms with van der Waals surface area (Å²) in [6.45, 7) is 3.58. The van der Waals surface area contributed by atoms with Gasteiger partial charge in [-0.25, -0.2) is 0 Å². The Bertz CT molecular complexity index is 408. The lowest BCUT2D eigenvalue weighted by Gasteiger charge is -2.15. The summed E-state index contributed by atoms with van der Waals surface area (Å²) >= 11 is 0. The Morgan fingerprint density at radius 2 is 1.95 bits per heavy atom. The molecule has 2 rings (SSSR count). The number of aliphatic hydroxyl groups is 1. The van der Waals surface area contributed by atoms with Gasteiger partial charge in [0, 0.05) is 13.1 Å². The molecular formula is C15H21NO3. The molecule has 1 N–H and O–H groups in total. The summed E-state index contributed by atoms with van der Waals surface area (Å²) in [7, 11) is 0. The summed E-state index contributed by atoms with van der Waals surface area (Å²) in [6.07, 6.45) is 2.48. The third-order valence-corrected chi connectivity index (χ3v) is 3.28. The van der Waals surface area contributed by atoms with Gasteiger partial charge in [0.15, 0.2) is 6.61 Å². The van der Waals surface area contributed by atoms with Crippen molar-refractivity contribution in [1.82, 2.24) is 4.90 Å². The van der Waals surface area contributed by atoms with E-state index in [1.54, 1.807) is 6.92 Å². The van der Waals surface area contributed by atoms with Gasteiger partial charge in [-0.15, -0.1) is 0 Å². The van der Waals surface area contributed by atoms with E-state index in [0.29, 0.717) is 12.2 Å². The number of carbonyl (C=O) groups is 1. The Morgan fingerprint density at radius 3 is 2.53 bits per heavy atom. The molecule has 1 aliphatic heterocycles. The molecule has 0 spiro atoms. The molecule has 0 radical (unpaired) electrons. The second-order valence-corrected chi connectivity index (χ2v) is 5.07. The standard InChI is InChI=1S/C15H21NO3/c1-12(17)10-13-4-6-14(7-5-13)19-11-15(18)16-8-2-3-9-16/h4-7,12,17H,2-3,8-11H2,1H3. The molecule has 1 fully saturated rings. The molecule has 0 bridgehead atoms. The van der Waals surface area contributed by atoms with Gasteiger partial charge in [-0.05, 0) is 43.9 Å². The first kappa shape index (κ1) is 13.9. The van der Waals surface area contributed by atoms with E-state index in [4.69, 9.17) is 4.74 Å². The van der Waals surface area contributed by atoms with Crippen LogP contribution in [0.4, 0.5) is 0 Å². The van der Waals surface area contributed by atoms with Crippen LogP contribution in [0.1, 0.15) is 25.3 Å². The van der Waals surface area contributed by atoms with Crippen molar-refractivity contribution < 1.29 is 14.6 Å². The summed E-state index contributed by atoms with van der Waals surface area (Å²) < 4.78 is 5.49. The van der Waals surface area contributed by atoms with Crippen molar-refractivity contribution in [3.05, 3.63) is 29.8 Å². The molecule has 104 valence electrons. The lowest BCUT2D eigenvalue weighted by molar-refractivity contribution is -0.132. The molecule has 1 amide bonds. The number of aliphatic hydroxyl groups excluding tert-OH is 1. The molecule has 1 atom stereocenters. The van der Waals surface area contributed by atoms with Crippen LogP contribution in [-0.4, -0.2) is 41.7 Å². The highest BCUT2D eigenvalue weighted by Gasteiger charge is 2.17. The molecule has 1 saturated heterocycles. The molecular weight excluding hydrogens is 242 g/mol. The first-order valence-corrected chi connectivity index (χ1v) is 6.83. The maximum absolute atomic E-state index is 11.8. The van der Waals surface area contributed by atoms with Gasteiger partial charge < -0.3 is 14.7 Å². The fourth-order valence-electron chi connectivity index (χ4n) is 2.27. The van der Waals surface area contributed by atoms with Crippen LogP contribution in [-0.2, 0) is 11.2 Å². The van der Waals surface area contributed by atoms with E-state index in [2.05, 4.69) is 0 Å². The maximum atomic E-state index is 11.8. The summed E-state index contributed by atoms with van der Waals surface area (Å²) in [4.78, 5) is 13.6. The highest BCUT2D eigenvalue weighted by atomic mass is 16.5. The van der Waals surface area contributed by atoms with Gasteiger partial charge in [0.2, 0.25) is 0 Å². The van der Waals surface area contributed by atoms with E-state index in [1.807, 2.05) is 29.2 Å². The van der Waals surface area contributed by atoms with Crippen molar-refractivity contribution in [3.8, 4) is 5.75 Å². The minimum atomic E-state index is -0.344. The SMILES string of the molecule is CC(O)Cc1ccc(OCC(=O)N2CCCC2)cc1. The topological polar surface area (TPSA) is 49.8 Å². The molecule has 1 aromatic rings. The van der Waals surface area contributed by atoms with E-state index in [-0.39, 0.29) is 18.6 Å². The van der Waals surface area contributed by atoms with Crippen molar-refractivity contribution in [2.45, 2.75) is 32.3 Å². The lowest BCUT2D eigenvalue weighted by atomic mass is 10.1. The van der Waals surface area contributed by atoms with Crippen LogP contribution in [0, 0.1) is 0 Å². The number of ether oxygens (including phenoxy) is 1. The quantitative estimate of drug-likeness (QED) is 0.878. The van der Waals surface area contributed by atoms with Crippen molar-refractivity contribution in [3.63, 3.8) is 0 Å². The molecule has 1 unspecified atom stereocenters. The Kier molecular flexibility index (Phi) is 4.80. The Labute approximate surface area is 114 Å². The largest absolute Gasteiger partial charge is 0.484 e. The van der Waals surface area contributed by atoms with E-state index in [9.17, 15) is 9.90 Å². The lowest BCUT2D eigenvalue weighted by Crippen LogP contribution is -2.32. The van der Waals surface area contributed by atoms with Crippen molar-refractivity contribution in [2.75, 3.05) is 19.7 Å². The van der Waals surface area contributed by atoms with Gasteiger partial charge in [-0.1, -0.05) is 12.1 Å². The Morgan fingerprint density at radius 1 is 1.32 bits per heavy atom. The zero-order valence-corrected chi connectivity index (χ0v) is 11.3. The Balaban J connectivity index is 1.80. The molecule has 1 aromatic carbocycles. The number of nitrogens with zero attached hydrogens (tertiary/aromatic N) is 1. The predicted molar refractivity (Wildman–Crippen MR) is 73.1 cm³/mol. The van der Waals surface area contributed by atoms with Crippen LogP contribution in [0.25, 0.3) is 0 Å². The fourth-order valence-corrected chi connectivity index (χ4v) is 2.27. The third kappa shape index (κ3) is 4.24. The molecule has 1 heterocycles. The summed E-state index contributed by atoms with van der Waals surface area (Å²) in [5, 5.41) is 9.29. The van der Waals surface area contributed by atoms with E-state index in [0.717, 1.165) is 31.5 Å². The number of hydrogen-bond donors (Lipinski definition) is 1. The van der Waals surface area contributed by atoms with Crippen molar-refractivity contribution in [1.29, 1.82) is 0 Å².